The van der Waals surface area contributed by atoms with Gasteiger partial charge < -0.3 is 4.90 Å². The molecule has 1 aromatic rings. The van der Waals surface area contributed by atoms with E-state index in [0.717, 1.165) is 22.1 Å². The van der Waals surface area contributed by atoms with E-state index in [1.165, 1.54) is 0 Å². The molecule has 1 atom stereocenters. The van der Waals surface area contributed by atoms with Gasteiger partial charge in [-0.2, -0.15) is 5.26 Å². The number of Topliss-reactive ketones (excluding diaryl/α,β-unsaturated/α-hetero) is 1. The zero-order valence-corrected chi connectivity index (χ0v) is 12.8. The lowest BCUT2D eigenvalue weighted by atomic mass is 9.91. The molecule has 0 bridgehead atoms. The van der Waals surface area contributed by atoms with Gasteiger partial charge in [0.1, 0.15) is 0 Å². The van der Waals surface area contributed by atoms with E-state index in [1.807, 2.05) is 31.2 Å². The van der Waals surface area contributed by atoms with Gasteiger partial charge in [0.05, 0.1) is 18.4 Å². The smallest absolute Gasteiger partial charge is 0.237 e. The molecule has 104 valence electrons. The van der Waals surface area contributed by atoms with E-state index >= 15 is 0 Å². The fraction of sp³-hybridized carbons (Fsp3) is 0.400. The fourth-order valence-electron chi connectivity index (χ4n) is 2.54. The number of amides is 1. The molecular weight excluding hydrogens is 320 g/mol. The normalized spacial score (nSPS) is 18.8. The molecule has 1 saturated heterocycles. The second kappa shape index (κ2) is 6.19. The average Bonchev–Trinajstić information content (AvgIpc) is 2.40. The Balaban J connectivity index is 2.26. The van der Waals surface area contributed by atoms with Crippen molar-refractivity contribution < 1.29 is 9.59 Å². The zero-order valence-electron chi connectivity index (χ0n) is 11.2. The number of ketones is 1. The minimum atomic E-state index is -0.661. The Morgan fingerprint density at radius 2 is 2.30 bits per heavy atom. The lowest BCUT2D eigenvalue weighted by Crippen LogP contribution is -2.44. The lowest BCUT2D eigenvalue weighted by molar-refractivity contribution is -0.133. The van der Waals surface area contributed by atoms with Crippen LogP contribution in [0.25, 0.3) is 0 Å². The number of nitrogens with zero attached hydrogens (tertiary/aromatic N) is 2. The molecule has 1 aliphatic rings. The number of hydrogen-bond donors (Lipinski definition) is 0. The number of nitriles is 1. The third kappa shape index (κ3) is 2.91. The van der Waals surface area contributed by atoms with Crippen molar-refractivity contribution in [1.29, 1.82) is 5.26 Å². The Bertz CT molecular complexity index is 592. The van der Waals surface area contributed by atoms with Crippen LogP contribution in [-0.2, 0) is 9.59 Å². The van der Waals surface area contributed by atoms with E-state index in [0.29, 0.717) is 13.0 Å². The number of piperidine rings is 1. The Hall–Kier alpha value is -1.67. The van der Waals surface area contributed by atoms with Crippen LogP contribution in [0.15, 0.2) is 22.7 Å². The summed E-state index contributed by atoms with van der Waals surface area (Å²) in [5.41, 5.74) is 1.83. The third-order valence-electron chi connectivity index (χ3n) is 3.53. The SMILES string of the molecule is Cc1cc(Br)ccc1N1CCCC(C(=O)CC#N)C1=O. The third-order valence-corrected chi connectivity index (χ3v) is 4.02. The predicted octanol–water partition coefficient (Wildman–Crippen LogP) is 2.98. The maximum atomic E-state index is 12.5. The molecular formula is C15H15BrN2O2. The number of halogens is 1. The van der Waals surface area contributed by atoms with Crippen molar-refractivity contribution in [2.45, 2.75) is 26.2 Å². The van der Waals surface area contributed by atoms with Crippen LogP contribution >= 0.6 is 15.9 Å². The molecule has 1 fully saturated rings. The molecule has 1 aliphatic heterocycles. The van der Waals surface area contributed by atoms with Gasteiger partial charge in [0, 0.05) is 16.7 Å². The lowest BCUT2D eigenvalue weighted by Gasteiger charge is -2.32. The van der Waals surface area contributed by atoms with Crippen LogP contribution in [0, 0.1) is 24.2 Å². The highest BCUT2D eigenvalue weighted by atomic mass is 79.9. The van der Waals surface area contributed by atoms with E-state index in [-0.39, 0.29) is 18.1 Å². The van der Waals surface area contributed by atoms with E-state index < -0.39 is 5.92 Å². The van der Waals surface area contributed by atoms with Crippen LogP contribution in [0.2, 0.25) is 0 Å². The maximum absolute atomic E-state index is 12.5. The van der Waals surface area contributed by atoms with E-state index in [9.17, 15) is 9.59 Å². The van der Waals surface area contributed by atoms with Gasteiger partial charge in [-0.1, -0.05) is 15.9 Å². The Morgan fingerprint density at radius 1 is 1.55 bits per heavy atom. The first-order valence-electron chi connectivity index (χ1n) is 6.52. The molecule has 0 aliphatic carbocycles. The summed E-state index contributed by atoms with van der Waals surface area (Å²) < 4.78 is 0.959. The molecule has 0 saturated carbocycles. The Morgan fingerprint density at radius 3 is 2.95 bits per heavy atom. The first-order chi connectivity index (χ1) is 9.54. The van der Waals surface area contributed by atoms with Gasteiger partial charge in [-0.05, 0) is 43.5 Å². The molecule has 20 heavy (non-hydrogen) atoms. The van der Waals surface area contributed by atoms with Crippen molar-refractivity contribution in [2.24, 2.45) is 5.92 Å². The maximum Gasteiger partial charge on any atom is 0.237 e. The Labute approximate surface area is 126 Å². The number of hydrogen-bond acceptors (Lipinski definition) is 3. The summed E-state index contributed by atoms with van der Waals surface area (Å²) in [5.74, 6) is -1.11. The van der Waals surface area contributed by atoms with Gasteiger partial charge in [0.25, 0.3) is 0 Å². The van der Waals surface area contributed by atoms with Crippen LogP contribution < -0.4 is 4.90 Å². The van der Waals surface area contributed by atoms with Gasteiger partial charge in [-0.15, -0.1) is 0 Å². The van der Waals surface area contributed by atoms with Crippen LogP contribution in [0.5, 0.6) is 0 Å². The van der Waals surface area contributed by atoms with Gasteiger partial charge in [-0.3, -0.25) is 9.59 Å². The number of carbonyl (C=O) groups is 2. The molecule has 4 nitrogen and oxygen atoms in total. The second-order valence-electron chi connectivity index (χ2n) is 4.92. The van der Waals surface area contributed by atoms with E-state index in [2.05, 4.69) is 15.9 Å². The van der Waals surface area contributed by atoms with Crippen molar-refractivity contribution in [3.63, 3.8) is 0 Å². The van der Waals surface area contributed by atoms with E-state index in [4.69, 9.17) is 5.26 Å². The monoisotopic (exact) mass is 334 g/mol. The van der Waals surface area contributed by atoms with Crippen molar-refractivity contribution >= 4 is 33.3 Å². The number of rotatable bonds is 3. The van der Waals surface area contributed by atoms with Crippen molar-refractivity contribution in [3.8, 4) is 6.07 Å². The first-order valence-corrected chi connectivity index (χ1v) is 7.31. The minimum Gasteiger partial charge on any atom is -0.312 e. The van der Waals surface area contributed by atoms with Crippen LogP contribution in [0.1, 0.15) is 24.8 Å². The number of benzene rings is 1. The highest BCUT2D eigenvalue weighted by Crippen LogP contribution is 2.29. The van der Waals surface area contributed by atoms with Gasteiger partial charge >= 0.3 is 0 Å². The van der Waals surface area contributed by atoms with E-state index in [1.54, 1.807) is 4.90 Å². The van der Waals surface area contributed by atoms with Gasteiger partial charge in [0.2, 0.25) is 5.91 Å². The van der Waals surface area contributed by atoms with Crippen molar-refractivity contribution in [3.05, 3.63) is 28.2 Å². The molecule has 1 heterocycles. The van der Waals surface area contributed by atoms with Crippen LogP contribution in [0.3, 0.4) is 0 Å². The summed E-state index contributed by atoms with van der Waals surface area (Å²) in [6.07, 6.45) is 1.14. The number of aryl methyl sites for hydroxylation is 1. The second-order valence-corrected chi connectivity index (χ2v) is 5.83. The molecule has 2 rings (SSSR count). The molecule has 0 N–H and O–H groups in total. The number of anilines is 1. The van der Waals surface area contributed by atoms with Crippen molar-refractivity contribution in [2.75, 3.05) is 11.4 Å². The molecule has 1 amide bonds. The van der Waals surface area contributed by atoms with Crippen LogP contribution in [-0.4, -0.2) is 18.2 Å². The fourth-order valence-corrected chi connectivity index (χ4v) is 3.01. The highest BCUT2D eigenvalue weighted by Gasteiger charge is 2.34. The van der Waals surface area contributed by atoms with Crippen LogP contribution in [0.4, 0.5) is 5.69 Å². The summed E-state index contributed by atoms with van der Waals surface area (Å²) in [6, 6.07) is 7.55. The summed E-state index contributed by atoms with van der Waals surface area (Å²) in [5, 5.41) is 8.61. The average molecular weight is 335 g/mol. The van der Waals surface area contributed by atoms with Crippen molar-refractivity contribution in [1.82, 2.24) is 0 Å². The largest absolute Gasteiger partial charge is 0.312 e. The quantitative estimate of drug-likeness (QED) is 0.798. The summed E-state index contributed by atoms with van der Waals surface area (Å²) in [4.78, 5) is 26.0. The molecule has 0 radical (unpaired) electrons. The molecule has 1 aromatic carbocycles. The summed E-state index contributed by atoms with van der Waals surface area (Å²) >= 11 is 3.40. The number of carbonyl (C=O) groups excluding carboxylic acids is 2. The molecule has 0 aromatic heterocycles. The minimum absolute atomic E-state index is 0.179. The summed E-state index contributed by atoms with van der Waals surface area (Å²) in [6.45, 7) is 2.56. The molecule has 5 heteroatoms. The Kier molecular flexibility index (Phi) is 4.56. The van der Waals surface area contributed by atoms with Gasteiger partial charge in [-0.25, -0.2) is 0 Å². The molecule has 0 spiro atoms. The summed E-state index contributed by atoms with van der Waals surface area (Å²) in [7, 11) is 0. The molecule has 1 unspecified atom stereocenters. The zero-order chi connectivity index (χ0) is 14.7. The predicted molar refractivity (Wildman–Crippen MR) is 79.2 cm³/mol. The topological polar surface area (TPSA) is 61.2 Å². The first kappa shape index (κ1) is 14.7. The highest BCUT2D eigenvalue weighted by molar-refractivity contribution is 9.10. The standard InChI is InChI=1S/C15H15BrN2O2/c1-10-9-11(16)4-5-13(10)18-8-2-3-12(15(18)20)14(19)6-7-17/h4-5,9,12H,2-3,6,8H2,1H3. The van der Waals surface area contributed by atoms with Gasteiger partial charge in [0.15, 0.2) is 5.78 Å².